The Morgan fingerprint density at radius 2 is 2.17 bits per heavy atom. The summed E-state index contributed by atoms with van der Waals surface area (Å²) in [6.07, 6.45) is 3.31. The second-order valence-corrected chi connectivity index (χ2v) is 7.25. The molecule has 0 spiro atoms. The van der Waals surface area contributed by atoms with Crippen LogP contribution in [-0.4, -0.2) is 40.5 Å². The third-order valence-electron chi connectivity index (χ3n) is 5.59. The molecule has 126 valence electrons. The first-order valence-electron chi connectivity index (χ1n) is 8.17. The summed E-state index contributed by atoms with van der Waals surface area (Å²) >= 11 is 0. The Hall–Kier alpha value is -2.42. The average molecular weight is 326 g/mol. The number of aromatic nitrogens is 2. The summed E-state index contributed by atoms with van der Waals surface area (Å²) in [6.45, 7) is 3.93. The van der Waals surface area contributed by atoms with Crippen LogP contribution in [0.2, 0.25) is 0 Å². The fraction of sp³-hybridized carbons (Fsp3) is 0.556. The molecule has 0 unspecified atom stereocenters. The number of fused-ring (bicyclic) bond motifs is 3. The number of nitriles is 1. The summed E-state index contributed by atoms with van der Waals surface area (Å²) < 4.78 is 1.64. The molecule has 0 fully saturated rings. The zero-order valence-electron chi connectivity index (χ0n) is 14.8. The molecule has 1 heterocycles. The first-order valence-corrected chi connectivity index (χ1v) is 8.17. The molecule has 0 radical (unpaired) electrons. The summed E-state index contributed by atoms with van der Waals surface area (Å²) in [5.41, 5.74) is 2.10. The standard InChI is InChI=1S/C18H22N4O2/c1-10-13-7-6-12-14(17(24)21(3)4)22(5)20-16(12)18(13,2)8-11(9-19)15(10)23/h8,10,13H,6-7H2,1-5H3/t10-,13-,18-/m0/s1. The Kier molecular flexibility index (Phi) is 3.63. The van der Waals surface area contributed by atoms with Gasteiger partial charge in [0.15, 0.2) is 5.78 Å². The Balaban J connectivity index is 2.23. The predicted molar refractivity (Wildman–Crippen MR) is 88.3 cm³/mol. The van der Waals surface area contributed by atoms with Gasteiger partial charge in [0, 0.05) is 38.0 Å². The second kappa shape index (κ2) is 5.30. The van der Waals surface area contributed by atoms with Crippen LogP contribution in [0.4, 0.5) is 0 Å². The van der Waals surface area contributed by atoms with Crippen LogP contribution in [-0.2, 0) is 23.7 Å². The number of allylic oxidation sites excluding steroid dienone is 2. The highest BCUT2D eigenvalue weighted by Crippen LogP contribution is 2.49. The van der Waals surface area contributed by atoms with Gasteiger partial charge < -0.3 is 4.90 Å². The molecule has 6 heteroatoms. The summed E-state index contributed by atoms with van der Waals surface area (Å²) in [5.74, 6) is -0.258. The van der Waals surface area contributed by atoms with E-state index in [0.717, 1.165) is 24.1 Å². The maximum Gasteiger partial charge on any atom is 0.271 e. The molecule has 1 aromatic rings. The minimum Gasteiger partial charge on any atom is -0.343 e. The van der Waals surface area contributed by atoms with E-state index in [1.54, 1.807) is 36.8 Å². The smallest absolute Gasteiger partial charge is 0.271 e. The van der Waals surface area contributed by atoms with Crippen molar-refractivity contribution >= 4 is 11.7 Å². The molecular weight excluding hydrogens is 304 g/mol. The van der Waals surface area contributed by atoms with Gasteiger partial charge in [-0.05, 0) is 18.8 Å². The Morgan fingerprint density at radius 3 is 2.75 bits per heavy atom. The van der Waals surface area contributed by atoms with Crippen LogP contribution < -0.4 is 0 Å². The molecule has 0 saturated carbocycles. The number of carbonyl (C=O) groups excluding carboxylic acids is 2. The highest BCUT2D eigenvalue weighted by Gasteiger charge is 2.50. The zero-order chi connectivity index (χ0) is 17.8. The van der Waals surface area contributed by atoms with Gasteiger partial charge in [-0.15, -0.1) is 0 Å². The fourth-order valence-corrected chi connectivity index (χ4v) is 4.32. The van der Waals surface area contributed by atoms with Crippen molar-refractivity contribution < 1.29 is 9.59 Å². The van der Waals surface area contributed by atoms with Gasteiger partial charge in [-0.2, -0.15) is 10.4 Å². The van der Waals surface area contributed by atoms with Crippen molar-refractivity contribution in [1.29, 1.82) is 5.26 Å². The van der Waals surface area contributed by atoms with Crippen molar-refractivity contribution in [1.82, 2.24) is 14.7 Å². The van der Waals surface area contributed by atoms with Crippen LogP contribution in [0.15, 0.2) is 11.6 Å². The predicted octanol–water partition coefficient (Wildman–Crippen LogP) is 1.61. The van der Waals surface area contributed by atoms with Crippen LogP contribution in [0.1, 0.15) is 42.0 Å². The lowest BCUT2D eigenvalue weighted by Gasteiger charge is -2.44. The van der Waals surface area contributed by atoms with Crippen LogP contribution in [0.25, 0.3) is 0 Å². The lowest BCUT2D eigenvalue weighted by Crippen LogP contribution is -2.45. The van der Waals surface area contributed by atoms with Gasteiger partial charge in [0.2, 0.25) is 0 Å². The van der Waals surface area contributed by atoms with Crippen LogP contribution in [0.5, 0.6) is 0 Å². The van der Waals surface area contributed by atoms with E-state index >= 15 is 0 Å². The Labute approximate surface area is 141 Å². The Bertz CT molecular complexity index is 812. The van der Waals surface area contributed by atoms with E-state index in [1.807, 2.05) is 19.9 Å². The summed E-state index contributed by atoms with van der Waals surface area (Å²) in [5, 5.41) is 14.0. The zero-order valence-corrected chi connectivity index (χ0v) is 14.8. The largest absolute Gasteiger partial charge is 0.343 e. The highest BCUT2D eigenvalue weighted by molar-refractivity contribution is 6.02. The van der Waals surface area contributed by atoms with Gasteiger partial charge in [0.1, 0.15) is 11.8 Å². The van der Waals surface area contributed by atoms with Gasteiger partial charge in [-0.1, -0.05) is 19.9 Å². The molecule has 0 bridgehead atoms. The molecular formula is C18H22N4O2. The molecule has 0 saturated heterocycles. The van der Waals surface area contributed by atoms with Gasteiger partial charge in [-0.25, -0.2) is 0 Å². The number of Topliss-reactive ketones (excluding diaryl/α,β-unsaturated/α-hetero) is 1. The molecule has 1 amide bonds. The molecule has 3 atom stereocenters. The van der Waals surface area contributed by atoms with E-state index in [-0.39, 0.29) is 29.1 Å². The molecule has 0 N–H and O–H groups in total. The number of carbonyl (C=O) groups is 2. The third kappa shape index (κ3) is 2.04. The minimum absolute atomic E-state index is 0.0716. The molecule has 0 aromatic carbocycles. The van der Waals surface area contributed by atoms with Gasteiger partial charge >= 0.3 is 0 Å². The number of amides is 1. The van der Waals surface area contributed by atoms with E-state index < -0.39 is 5.41 Å². The maximum atomic E-state index is 12.5. The lowest BCUT2D eigenvalue weighted by molar-refractivity contribution is -0.121. The van der Waals surface area contributed by atoms with Crippen LogP contribution in [0.3, 0.4) is 0 Å². The van der Waals surface area contributed by atoms with Crippen molar-refractivity contribution in [3.63, 3.8) is 0 Å². The molecule has 6 nitrogen and oxygen atoms in total. The first kappa shape index (κ1) is 16.4. The SMILES string of the molecule is C[C@@H]1C(=O)C(C#N)=C[C@]2(C)c3nn(C)c(C(=O)N(C)C)c3CC[C@@H]12. The second-order valence-electron chi connectivity index (χ2n) is 7.25. The van der Waals surface area contributed by atoms with E-state index in [9.17, 15) is 14.9 Å². The van der Waals surface area contributed by atoms with Crippen molar-refractivity contribution in [2.24, 2.45) is 18.9 Å². The van der Waals surface area contributed by atoms with Crippen LogP contribution in [0, 0.1) is 23.2 Å². The molecule has 3 rings (SSSR count). The minimum atomic E-state index is -0.491. The van der Waals surface area contributed by atoms with Gasteiger partial charge in [0.25, 0.3) is 5.91 Å². The van der Waals surface area contributed by atoms with Gasteiger partial charge in [0.05, 0.1) is 11.3 Å². The number of ketones is 1. The van der Waals surface area contributed by atoms with E-state index in [4.69, 9.17) is 0 Å². The number of nitrogens with zero attached hydrogens (tertiary/aromatic N) is 4. The molecule has 0 aliphatic heterocycles. The van der Waals surface area contributed by atoms with Crippen LogP contribution >= 0.6 is 0 Å². The first-order chi connectivity index (χ1) is 11.2. The molecule has 2 aliphatic rings. The summed E-state index contributed by atoms with van der Waals surface area (Å²) in [7, 11) is 5.23. The number of rotatable bonds is 1. The quantitative estimate of drug-likeness (QED) is 0.785. The van der Waals surface area contributed by atoms with Crippen molar-refractivity contribution in [3.8, 4) is 6.07 Å². The van der Waals surface area contributed by atoms with Crippen molar-refractivity contribution in [3.05, 3.63) is 28.6 Å². The summed E-state index contributed by atoms with van der Waals surface area (Å²) in [4.78, 5) is 26.5. The normalized spacial score (nSPS) is 28.5. The van der Waals surface area contributed by atoms with E-state index in [0.29, 0.717) is 5.69 Å². The topological polar surface area (TPSA) is 79.0 Å². The Morgan fingerprint density at radius 1 is 1.50 bits per heavy atom. The van der Waals surface area contributed by atoms with E-state index in [2.05, 4.69) is 5.10 Å². The average Bonchev–Trinajstić information content (AvgIpc) is 2.87. The molecule has 1 aromatic heterocycles. The fourth-order valence-electron chi connectivity index (χ4n) is 4.32. The third-order valence-corrected chi connectivity index (χ3v) is 5.59. The highest BCUT2D eigenvalue weighted by atomic mass is 16.2. The van der Waals surface area contributed by atoms with Crippen molar-refractivity contribution in [2.45, 2.75) is 32.1 Å². The molecule has 2 aliphatic carbocycles. The molecule has 24 heavy (non-hydrogen) atoms. The number of hydrogen-bond acceptors (Lipinski definition) is 4. The van der Waals surface area contributed by atoms with Gasteiger partial charge in [-0.3, -0.25) is 14.3 Å². The van der Waals surface area contributed by atoms with Crippen molar-refractivity contribution in [2.75, 3.05) is 14.1 Å². The van der Waals surface area contributed by atoms with E-state index in [1.165, 1.54) is 0 Å². The summed E-state index contributed by atoms with van der Waals surface area (Å²) in [6, 6.07) is 2.04. The number of aryl methyl sites for hydroxylation is 1. The number of hydrogen-bond donors (Lipinski definition) is 0. The monoisotopic (exact) mass is 326 g/mol. The lowest BCUT2D eigenvalue weighted by atomic mass is 9.58. The maximum absolute atomic E-state index is 12.5.